The van der Waals surface area contributed by atoms with Crippen LogP contribution in [0.25, 0.3) is 5.69 Å². The normalized spacial score (nSPS) is 11.7. The number of alkyl halides is 2. The van der Waals surface area contributed by atoms with Crippen molar-refractivity contribution in [1.82, 2.24) is 25.0 Å². The maximum Gasteiger partial charge on any atom is 0.387 e. The van der Waals surface area contributed by atoms with E-state index in [1.165, 1.54) is 29.3 Å². The van der Waals surface area contributed by atoms with E-state index < -0.39 is 23.8 Å². The van der Waals surface area contributed by atoms with E-state index in [4.69, 9.17) is 4.74 Å². The Balaban J connectivity index is 1.68. The Morgan fingerprint density at radius 2 is 1.93 bits per heavy atom. The first kappa shape index (κ1) is 19.5. The molecule has 1 aromatic carbocycles. The van der Waals surface area contributed by atoms with Crippen LogP contribution >= 0.6 is 0 Å². The monoisotopic (exact) mass is 395 g/mol. The second kappa shape index (κ2) is 7.80. The van der Waals surface area contributed by atoms with Gasteiger partial charge in [-0.2, -0.15) is 8.78 Å². The van der Waals surface area contributed by atoms with Gasteiger partial charge < -0.3 is 14.6 Å². The molecule has 0 aliphatic rings. The van der Waals surface area contributed by atoms with Gasteiger partial charge in [0, 0.05) is 24.0 Å². The van der Waals surface area contributed by atoms with E-state index in [0.717, 1.165) is 12.1 Å². The van der Waals surface area contributed by atoms with E-state index in [9.17, 15) is 18.3 Å². The number of nitrogens with zero attached hydrogens (tertiary/aromatic N) is 5. The number of hydrogen-bond donors (Lipinski definition) is 1. The Bertz CT molecular complexity index is 942. The molecule has 2 heterocycles. The van der Waals surface area contributed by atoms with Gasteiger partial charge in [-0.05, 0) is 26.0 Å². The summed E-state index contributed by atoms with van der Waals surface area (Å²) >= 11 is 0. The smallest absolute Gasteiger partial charge is 0.387 e. The van der Waals surface area contributed by atoms with Crippen LogP contribution in [0.2, 0.25) is 0 Å². The number of ether oxygens (including phenoxy) is 2. The molecule has 0 aliphatic carbocycles. The Hall–Kier alpha value is -3.21. The zero-order chi connectivity index (χ0) is 20.3. The van der Waals surface area contributed by atoms with Crippen molar-refractivity contribution >= 4 is 0 Å². The molecule has 0 fully saturated rings. The minimum absolute atomic E-state index is 0.0105. The third kappa shape index (κ3) is 4.74. The molecule has 11 heteroatoms. The third-order valence-corrected chi connectivity index (χ3v) is 3.62. The number of rotatable bonds is 7. The van der Waals surface area contributed by atoms with Crippen molar-refractivity contribution in [2.45, 2.75) is 32.7 Å². The van der Waals surface area contributed by atoms with Crippen molar-refractivity contribution in [1.29, 1.82) is 0 Å². The summed E-state index contributed by atoms with van der Waals surface area (Å²) in [6, 6.07) is 3.49. The average molecular weight is 395 g/mol. The molecular weight excluding hydrogens is 379 g/mol. The van der Waals surface area contributed by atoms with Gasteiger partial charge in [0.1, 0.15) is 12.3 Å². The lowest BCUT2D eigenvalue weighted by Crippen LogP contribution is -2.16. The molecule has 3 rings (SSSR count). The molecule has 0 radical (unpaired) electrons. The van der Waals surface area contributed by atoms with Crippen LogP contribution in [0.15, 0.2) is 36.8 Å². The molecule has 148 valence electrons. The number of aromatic nitrogens is 5. The van der Waals surface area contributed by atoms with E-state index in [-0.39, 0.29) is 18.3 Å². The number of halogens is 3. The molecule has 0 aliphatic heterocycles. The van der Waals surface area contributed by atoms with Crippen molar-refractivity contribution in [2.24, 2.45) is 0 Å². The molecular formula is C17H16F3N5O3. The van der Waals surface area contributed by atoms with Gasteiger partial charge in [-0.3, -0.25) is 0 Å². The SMILES string of the molecule is CC(C)(O)c1cnc(OCc2cn(-c3ccc(F)c(OC(F)F)c3)nn2)nc1. The Morgan fingerprint density at radius 3 is 2.57 bits per heavy atom. The fourth-order valence-corrected chi connectivity index (χ4v) is 2.16. The second-order valence-electron chi connectivity index (χ2n) is 6.25. The average Bonchev–Trinajstić information content (AvgIpc) is 3.10. The largest absolute Gasteiger partial charge is 0.457 e. The molecule has 3 aromatic rings. The van der Waals surface area contributed by atoms with Crippen LogP contribution in [-0.2, 0) is 12.2 Å². The van der Waals surface area contributed by atoms with E-state index in [0.29, 0.717) is 11.3 Å². The highest BCUT2D eigenvalue weighted by molar-refractivity contribution is 5.39. The standard InChI is InChI=1S/C17H16F3N5O3/c1-17(2,26)10-6-21-16(22-7-10)27-9-11-8-25(24-23-11)12-3-4-13(18)14(5-12)28-15(19)20/h3-8,15,26H,9H2,1-2H3. The predicted octanol–water partition coefficient (Wildman–Crippen LogP) is 2.60. The third-order valence-electron chi connectivity index (χ3n) is 3.62. The van der Waals surface area contributed by atoms with Crippen LogP contribution in [0.5, 0.6) is 11.8 Å². The summed E-state index contributed by atoms with van der Waals surface area (Å²) < 4.78 is 48.9. The van der Waals surface area contributed by atoms with Crippen LogP contribution in [0.1, 0.15) is 25.1 Å². The predicted molar refractivity (Wildman–Crippen MR) is 89.6 cm³/mol. The maximum atomic E-state index is 13.5. The van der Waals surface area contributed by atoms with Crippen molar-refractivity contribution in [2.75, 3.05) is 0 Å². The second-order valence-corrected chi connectivity index (χ2v) is 6.25. The van der Waals surface area contributed by atoms with Crippen molar-refractivity contribution < 1.29 is 27.8 Å². The molecule has 0 saturated heterocycles. The topological polar surface area (TPSA) is 95.2 Å². The first-order valence-electron chi connectivity index (χ1n) is 8.06. The van der Waals surface area contributed by atoms with E-state index in [1.807, 2.05) is 0 Å². The van der Waals surface area contributed by atoms with E-state index in [2.05, 4.69) is 25.0 Å². The van der Waals surface area contributed by atoms with Crippen molar-refractivity contribution in [3.63, 3.8) is 0 Å². The van der Waals surface area contributed by atoms with Gasteiger partial charge in [0.05, 0.1) is 17.5 Å². The summed E-state index contributed by atoms with van der Waals surface area (Å²) in [6.45, 7) is 0.0612. The van der Waals surface area contributed by atoms with E-state index >= 15 is 0 Å². The Kier molecular flexibility index (Phi) is 5.45. The molecule has 0 saturated carbocycles. The summed E-state index contributed by atoms with van der Waals surface area (Å²) in [5.74, 6) is -1.51. The van der Waals surface area contributed by atoms with Crippen LogP contribution in [-0.4, -0.2) is 36.7 Å². The summed E-state index contributed by atoms with van der Waals surface area (Å²) in [5.41, 5.74) is 0.143. The minimum Gasteiger partial charge on any atom is -0.457 e. The molecule has 0 unspecified atom stereocenters. The maximum absolute atomic E-state index is 13.5. The van der Waals surface area contributed by atoms with Gasteiger partial charge in [0.25, 0.3) is 0 Å². The first-order valence-corrected chi connectivity index (χ1v) is 8.06. The molecule has 1 N–H and O–H groups in total. The van der Waals surface area contributed by atoms with Crippen LogP contribution < -0.4 is 9.47 Å². The molecule has 0 amide bonds. The number of hydrogen-bond acceptors (Lipinski definition) is 7. The highest BCUT2D eigenvalue weighted by atomic mass is 19.3. The number of aliphatic hydroxyl groups is 1. The summed E-state index contributed by atoms with van der Waals surface area (Å²) in [6.07, 6.45) is 4.37. The fraction of sp³-hybridized carbons (Fsp3) is 0.294. The zero-order valence-corrected chi connectivity index (χ0v) is 14.9. The molecule has 0 atom stereocenters. The Labute approximate surface area is 157 Å². The van der Waals surface area contributed by atoms with Crippen molar-refractivity contribution in [3.05, 3.63) is 53.9 Å². The van der Waals surface area contributed by atoms with Gasteiger partial charge in [-0.1, -0.05) is 5.21 Å². The van der Waals surface area contributed by atoms with Crippen molar-refractivity contribution in [3.8, 4) is 17.4 Å². The highest BCUT2D eigenvalue weighted by Gasteiger charge is 2.17. The minimum atomic E-state index is -3.15. The van der Waals surface area contributed by atoms with Gasteiger partial charge in [-0.15, -0.1) is 5.10 Å². The highest BCUT2D eigenvalue weighted by Crippen LogP contribution is 2.23. The van der Waals surface area contributed by atoms with Gasteiger partial charge in [0.15, 0.2) is 11.6 Å². The summed E-state index contributed by atoms with van der Waals surface area (Å²) in [5, 5.41) is 17.6. The summed E-state index contributed by atoms with van der Waals surface area (Å²) in [4.78, 5) is 7.99. The zero-order valence-electron chi connectivity index (χ0n) is 14.9. The molecule has 2 aromatic heterocycles. The van der Waals surface area contributed by atoms with Gasteiger partial charge >= 0.3 is 12.6 Å². The van der Waals surface area contributed by atoms with Crippen LogP contribution in [0, 0.1) is 5.82 Å². The fourth-order valence-electron chi connectivity index (χ4n) is 2.16. The van der Waals surface area contributed by atoms with Crippen LogP contribution in [0.4, 0.5) is 13.2 Å². The molecule has 0 bridgehead atoms. The van der Waals surface area contributed by atoms with E-state index in [1.54, 1.807) is 13.8 Å². The lowest BCUT2D eigenvalue weighted by Gasteiger charge is -2.16. The Morgan fingerprint density at radius 1 is 1.21 bits per heavy atom. The summed E-state index contributed by atoms with van der Waals surface area (Å²) in [7, 11) is 0. The van der Waals surface area contributed by atoms with Gasteiger partial charge in [-0.25, -0.2) is 19.0 Å². The lowest BCUT2D eigenvalue weighted by molar-refractivity contribution is -0.0521. The first-order chi connectivity index (χ1) is 13.2. The molecule has 28 heavy (non-hydrogen) atoms. The lowest BCUT2D eigenvalue weighted by atomic mass is 10.0. The number of benzene rings is 1. The van der Waals surface area contributed by atoms with Crippen LogP contribution in [0.3, 0.4) is 0 Å². The van der Waals surface area contributed by atoms with Gasteiger partial charge in [0.2, 0.25) is 0 Å². The molecule has 8 nitrogen and oxygen atoms in total. The quantitative estimate of drug-likeness (QED) is 0.657. The molecule has 0 spiro atoms.